The summed E-state index contributed by atoms with van der Waals surface area (Å²) in [6.07, 6.45) is -4.36. The van der Waals surface area contributed by atoms with Crippen LogP contribution >= 0.6 is 0 Å². The molecule has 1 N–H and O–H groups in total. The summed E-state index contributed by atoms with van der Waals surface area (Å²) in [6, 6.07) is 10.3. The summed E-state index contributed by atoms with van der Waals surface area (Å²) in [6.45, 7) is 13.0. The second-order valence-corrected chi connectivity index (χ2v) is 18.8. The van der Waals surface area contributed by atoms with Crippen molar-refractivity contribution in [1.29, 1.82) is 0 Å². The van der Waals surface area contributed by atoms with Crippen molar-refractivity contribution in [2.45, 2.75) is 69.9 Å². The molecule has 1 aromatic heterocycles. The van der Waals surface area contributed by atoms with Crippen LogP contribution in [0.15, 0.2) is 63.9 Å². The molecule has 14 heteroatoms. The maximum atomic E-state index is 13.5. The molecule has 44 heavy (non-hydrogen) atoms. The van der Waals surface area contributed by atoms with Crippen LogP contribution in [0.1, 0.15) is 49.3 Å². The SMILES string of the molecule is Cc1nc(F)ccc1Oc1cc(C(F)(F)F)ccc1C(=O)Nc1cccc([S@@](C)(=O)=NC(=O)[C@H](C)O[Si](C)(C)C(C)(C)C)c1. The molecule has 1 heterocycles. The van der Waals surface area contributed by atoms with Gasteiger partial charge in [0.2, 0.25) is 5.95 Å². The molecule has 0 aliphatic rings. The average molecular weight is 654 g/mol. The van der Waals surface area contributed by atoms with E-state index in [-0.39, 0.29) is 32.6 Å². The molecule has 3 rings (SSSR count). The second-order valence-electron chi connectivity index (χ2n) is 11.8. The number of alkyl halides is 3. The van der Waals surface area contributed by atoms with E-state index in [4.69, 9.17) is 9.16 Å². The first-order valence-corrected chi connectivity index (χ1v) is 18.3. The summed E-state index contributed by atoms with van der Waals surface area (Å²) in [5.74, 6) is -2.83. The molecule has 2 atom stereocenters. The van der Waals surface area contributed by atoms with E-state index in [9.17, 15) is 31.4 Å². The number of hydrogen-bond acceptors (Lipinski definition) is 6. The van der Waals surface area contributed by atoms with Gasteiger partial charge < -0.3 is 14.5 Å². The summed E-state index contributed by atoms with van der Waals surface area (Å²) in [4.78, 5) is 29.9. The zero-order valence-corrected chi connectivity index (χ0v) is 27.4. The normalized spacial score (nSPS) is 14.4. The molecule has 0 bridgehead atoms. The van der Waals surface area contributed by atoms with Gasteiger partial charge in [0.15, 0.2) is 8.32 Å². The van der Waals surface area contributed by atoms with Crippen molar-refractivity contribution < 1.29 is 40.5 Å². The Kier molecular flexibility index (Phi) is 10.1. The highest BCUT2D eigenvalue weighted by Gasteiger charge is 2.40. The molecule has 3 aromatic rings. The van der Waals surface area contributed by atoms with Crippen LogP contribution in [-0.2, 0) is 25.1 Å². The molecule has 0 saturated carbocycles. The minimum Gasteiger partial charge on any atom is -0.455 e. The molecule has 238 valence electrons. The molecular formula is C30H35F4N3O5SSi. The van der Waals surface area contributed by atoms with Crippen molar-refractivity contribution >= 4 is 35.5 Å². The maximum Gasteiger partial charge on any atom is 0.416 e. The Balaban J connectivity index is 1.91. The lowest BCUT2D eigenvalue weighted by Crippen LogP contribution is -2.45. The number of carbonyl (C=O) groups excluding carboxylic acids is 2. The molecule has 2 aromatic carbocycles. The third kappa shape index (κ3) is 8.51. The van der Waals surface area contributed by atoms with E-state index in [1.807, 2.05) is 33.9 Å². The van der Waals surface area contributed by atoms with Gasteiger partial charge in [-0.15, -0.1) is 0 Å². The van der Waals surface area contributed by atoms with Gasteiger partial charge in [0.05, 0.1) is 26.5 Å². The van der Waals surface area contributed by atoms with Crippen molar-refractivity contribution in [2.75, 3.05) is 11.6 Å². The fourth-order valence-corrected chi connectivity index (χ4v) is 6.30. The number of hydrogen-bond donors (Lipinski definition) is 1. The highest BCUT2D eigenvalue weighted by atomic mass is 32.2. The molecule has 0 spiro atoms. The Morgan fingerprint density at radius 1 is 1.02 bits per heavy atom. The zero-order valence-electron chi connectivity index (χ0n) is 25.6. The third-order valence-electron chi connectivity index (χ3n) is 7.20. The predicted molar refractivity (Wildman–Crippen MR) is 162 cm³/mol. The van der Waals surface area contributed by atoms with Crippen molar-refractivity contribution in [3.05, 3.63) is 77.4 Å². The molecule has 0 saturated heterocycles. The van der Waals surface area contributed by atoms with Crippen LogP contribution in [-0.4, -0.2) is 41.7 Å². The van der Waals surface area contributed by atoms with Gasteiger partial charge in [-0.3, -0.25) is 9.59 Å². The molecule has 2 amide bonds. The molecule has 0 aliphatic heterocycles. The standard InChI is InChI=1S/C30H35F4N3O5SSi/c1-18-24(14-15-26(31)35-18)41-25-16-20(30(32,33)34)12-13-23(25)28(39)36-21-10-9-11-22(17-21)43(6,40)37-27(38)19(2)42-44(7,8)29(3,4)5/h9-17,19H,1-8H3,(H,36,39)/t19-,43+/m0/s1. The van der Waals surface area contributed by atoms with E-state index in [1.54, 1.807) is 6.92 Å². The summed E-state index contributed by atoms with van der Waals surface area (Å²) >= 11 is 0. The first kappa shape index (κ1) is 34.9. The van der Waals surface area contributed by atoms with E-state index in [1.165, 1.54) is 43.5 Å². The number of benzene rings is 2. The number of pyridine rings is 1. The van der Waals surface area contributed by atoms with Gasteiger partial charge in [-0.2, -0.15) is 21.9 Å². The number of rotatable bonds is 8. The molecule has 0 radical (unpaired) electrons. The van der Waals surface area contributed by atoms with Crippen LogP contribution in [0.5, 0.6) is 11.5 Å². The Hall–Kier alpha value is -3.62. The van der Waals surface area contributed by atoms with Crippen LogP contribution in [0.25, 0.3) is 0 Å². The van der Waals surface area contributed by atoms with E-state index >= 15 is 0 Å². The van der Waals surface area contributed by atoms with E-state index in [0.717, 1.165) is 18.2 Å². The largest absolute Gasteiger partial charge is 0.455 e. The molecule has 8 nitrogen and oxygen atoms in total. The van der Waals surface area contributed by atoms with Crippen LogP contribution < -0.4 is 10.1 Å². The number of anilines is 1. The Morgan fingerprint density at radius 3 is 2.27 bits per heavy atom. The number of aryl methyl sites for hydroxylation is 1. The Labute approximate surface area is 255 Å². The maximum absolute atomic E-state index is 13.5. The summed E-state index contributed by atoms with van der Waals surface area (Å²) in [5, 5.41) is 2.40. The van der Waals surface area contributed by atoms with Gasteiger partial charge >= 0.3 is 6.18 Å². The highest BCUT2D eigenvalue weighted by molar-refractivity contribution is 7.93. The lowest BCUT2D eigenvalue weighted by Gasteiger charge is -2.37. The van der Waals surface area contributed by atoms with E-state index in [2.05, 4.69) is 14.7 Å². The van der Waals surface area contributed by atoms with Crippen LogP contribution in [0, 0.1) is 12.9 Å². The lowest BCUT2D eigenvalue weighted by molar-refractivity contribution is -0.137. The highest BCUT2D eigenvalue weighted by Crippen LogP contribution is 2.38. The predicted octanol–water partition coefficient (Wildman–Crippen LogP) is 7.99. The van der Waals surface area contributed by atoms with Crippen LogP contribution in [0.3, 0.4) is 0 Å². The monoisotopic (exact) mass is 653 g/mol. The summed E-state index contributed by atoms with van der Waals surface area (Å²) in [5.41, 5.74) is -1.13. The number of amides is 2. The van der Waals surface area contributed by atoms with Gasteiger partial charge in [0.1, 0.15) is 17.6 Å². The van der Waals surface area contributed by atoms with Gasteiger partial charge in [-0.05, 0) is 80.5 Å². The number of nitrogens with one attached hydrogen (secondary N) is 1. The van der Waals surface area contributed by atoms with Gasteiger partial charge in [-0.25, -0.2) is 9.19 Å². The average Bonchev–Trinajstić information content (AvgIpc) is 2.88. The van der Waals surface area contributed by atoms with E-state index < -0.39 is 59.4 Å². The van der Waals surface area contributed by atoms with Crippen LogP contribution in [0.2, 0.25) is 18.1 Å². The minimum atomic E-state index is -4.73. The van der Waals surface area contributed by atoms with Crippen molar-refractivity contribution in [3.8, 4) is 11.5 Å². The summed E-state index contributed by atoms with van der Waals surface area (Å²) in [7, 11) is -5.58. The number of halogens is 4. The number of aromatic nitrogens is 1. The molecular weight excluding hydrogens is 618 g/mol. The first-order valence-electron chi connectivity index (χ1n) is 13.5. The topological polar surface area (TPSA) is 107 Å². The lowest BCUT2D eigenvalue weighted by atomic mass is 10.1. The molecule has 0 aliphatic carbocycles. The summed E-state index contributed by atoms with van der Waals surface area (Å²) < 4.78 is 83.0. The number of carbonyl (C=O) groups is 2. The smallest absolute Gasteiger partial charge is 0.416 e. The van der Waals surface area contributed by atoms with E-state index in [0.29, 0.717) is 6.07 Å². The zero-order chi connectivity index (χ0) is 33.3. The number of nitrogens with zero attached hydrogens (tertiary/aromatic N) is 2. The minimum absolute atomic E-state index is 0.0504. The van der Waals surface area contributed by atoms with Crippen molar-refractivity contribution in [3.63, 3.8) is 0 Å². The fraction of sp³-hybridized carbons (Fsp3) is 0.367. The quantitative estimate of drug-likeness (QED) is 0.150. The van der Waals surface area contributed by atoms with Crippen LogP contribution in [0.4, 0.5) is 23.2 Å². The van der Waals surface area contributed by atoms with Gasteiger partial charge in [-0.1, -0.05) is 26.8 Å². The first-order chi connectivity index (χ1) is 20.1. The third-order valence-corrected chi connectivity index (χ3v) is 13.4. The molecule has 0 fully saturated rings. The number of ether oxygens (including phenoxy) is 1. The fourth-order valence-electron chi connectivity index (χ4n) is 3.69. The second kappa shape index (κ2) is 12.8. The van der Waals surface area contributed by atoms with Gasteiger partial charge in [0, 0.05) is 16.8 Å². The Morgan fingerprint density at radius 2 is 1.68 bits per heavy atom. The Bertz CT molecular complexity index is 1700. The van der Waals surface area contributed by atoms with Crippen molar-refractivity contribution in [2.24, 2.45) is 4.36 Å². The van der Waals surface area contributed by atoms with Gasteiger partial charge in [0.25, 0.3) is 11.8 Å². The molecule has 0 unspecified atom stereocenters. The van der Waals surface area contributed by atoms with Crippen molar-refractivity contribution in [1.82, 2.24) is 4.98 Å².